The van der Waals surface area contributed by atoms with Gasteiger partial charge < -0.3 is 9.64 Å². The molecule has 3 aliphatic rings. The van der Waals surface area contributed by atoms with E-state index in [1.54, 1.807) is 11.3 Å². The van der Waals surface area contributed by atoms with Crippen molar-refractivity contribution in [1.82, 2.24) is 9.88 Å². The molecule has 3 heterocycles. The molecule has 1 saturated carbocycles. The summed E-state index contributed by atoms with van der Waals surface area (Å²) in [6, 6.07) is 17.8. The molecule has 30 heavy (non-hydrogen) atoms. The van der Waals surface area contributed by atoms with Crippen LogP contribution in [0.4, 0.5) is 0 Å². The van der Waals surface area contributed by atoms with E-state index in [1.165, 1.54) is 0 Å². The van der Waals surface area contributed by atoms with Crippen LogP contribution in [0.15, 0.2) is 54.6 Å². The minimum absolute atomic E-state index is 0.0334. The Labute approximate surface area is 185 Å². The predicted octanol–water partition coefficient (Wildman–Crippen LogP) is 5.84. The van der Waals surface area contributed by atoms with Crippen molar-refractivity contribution in [3.8, 4) is 16.2 Å². The zero-order chi connectivity index (χ0) is 20.7. The van der Waals surface area contributed by atoms with E-state index in [2.05, 4.69) is 9.88 Å². The largest absolute Gasteiger partial charge is 0.491 e. The second-order valence-corrected chi connectivity index (χ2v) is 9.77. The van der Waals surface area contributed by atoms with Gasteiger partial charge in [-0.2, -0.15) is 0 Å². The average molecular weight is 439 g/mol. The van der Waals surface area contributed by atoms with Gasteiger partial charge >= 0.3 is 0 Å². The van der Waals surface area contributed by atoms with E-state index in [9.17, 15) is 4.79 Å². The maximum atomic E-state index is 13.7. The average Bonchev–Trinajstić information content (AvgIpc) is 3.14. The highest BCUT2D eigenvalue weighted by Crippen LogP contribution is 2.44. The second kappa shape index (κ2) is 8.05. The number of rotatable bonds is 5. The number of hydrogen-bond donors (Lipinski definition) is 0. The first-order valence-electron chi connectivity index (χ1n) is 10.3. The summed E-state index contributed by atoms with van der Waals surface area (Å²) in [6.45, 7) is 2.45. The lowest BCUT2D eigenvalue weighted by Gasteiger charge is -2.53. The Balaban J connectivity index is 1.40. The van der Waals surface area contributed by atoms with Gasteiger partial charge in [0.25, 0.3) is 5.91 Å². The number of hydrogen-bond acceptors (Lipinski definition) is 4. The summed E-state index contributed by atoms with van der Waals surface area (Å²) >= 11 is 7.56. The monoisotopic (exact) mass is 438 g/mol. The van der Waals surface area contributed by atoms with Crippen LogP contribution in [0, 0.1) is 12.8 Å². The topological polar surface area (TPSA) is 42.4 Å². The molecule has 154 valence electrons. The minimum Gasteiger partial charge on any atom is -0.491 e. The number of nitrogens with zero attached hydrogens (tertiary/aromatic N) is 2. The standard InChI is InChI=1S/C24H23ClN2O2S/c1-15-26-22(23(30-15)17-5-3-2-4-6-17)24(28)27-19-11-16(12-19)13-20(27)14-29-21-9-7-18(25)8-10-21/h2-10,16,19-20H,11-14H2,1H3. The fourth-order valence-corrected chi connectivity index (χ4v) is 5.64. The van der Waals surface area contributed by atoms with Crippen molar-refractivity contribution < 1.29 is 9.53 Å². The number of halogens is 1. The number of thiazole rings is 1. The van der Waals surface area contributed by atoms with Crippen LogP contribution in [-0.4, -0.2) is 34.5 Å². The van der Waals surface area contributed by atoms with Crippen LogP contribution in [0.1, 0.15) is 34.8 Å². The molecule has 0 spiro atoms. The number of aryl methyl sites for hydroxylation is 1. The molecule has 6 rings (SSSR count). The van der Waals surface area contributed by atoms with E-state index in [4.69, 9.17) is 16.3 Å². The van der Waals surface area contributed by atoms with Crippen molar-refractivity contribution in [3.05, 3.63) is 70.3 Å². The summed E-state index contributed by atoms with van der Waals surface area (Å²) in [5.74, 6) is 1.51. The first kappa shape index (κ1) is 19.6. The van der Waals surface area contributed by atoms with Crippen molar-refractivity contribution in [1.29, 1.82) is 0 Å². The van der Waals surface area contributed by atoms with Gasteiger partial charge in [-0.15, -0.1) is 11.3 Å². The van der Waals surface area contributed by atoms with Gasteiger partial charge in [-0.05, 0) is 61.9 Å². The van der Waals surface area contributed by atoms with Crippen molar-refractivity contribution in [2.24, 2.45) is 5.92 Å². The molecular formula is C24H23ClN2O2S. The summed E-state index contributed by atoms with van der Waals surface area (Å²) in [7, 11) is 0. The van der Waals surface area contributed by atoms with Crippen molar-refractivity contribution in [2.75, 3.05) is 6.61 Å². The highest BCUT2D eigenvalue weighted by molar-refractivity contribution is 7.15. The number of ether oxygens (including phenoxy) is 1. The lowest BCUT2D eigenvalue weighted by atomic mass is 9.70. The van der Waals surface area contributed by atoms with Crippen LogP contribution >= 0.6 is 22.9 Å². The number of amides is 1. The van der Waals surface area contributed by atoms with E-state index in [0.717, 1.165) is 40.5 Å². The lowest BCUT2D eigenvalue weighted by molar-refractivity contribution is -0.0308. The Kier molecular flexibility index (Phi) is 5.25. The van der Waals surface area contributed by atoms with Gasteiger partial charge in [0.05, 0.1) is 15.9 Å². The van der Waals surface area contributed by atoms with E-state index in [-0.39, 0.29) is 11.9 Å². The number of piperidine rings is 2. The number of carbonyl (C=O) groups excluding carboxylic acids is 1. The fraction of sp³-hybridized carbons (Fsp3) is 0.333. The van der Waals surface area contributed by atoms with Crippen LogP contribution in [0.25, 0.3) is 10.4 Å². The summed E-state index contributed by atoms with van der Waals surface area (Å²) in [5, 5.41) is 1.60. The van der Waals surface area contributed by atoms with Crippen LogP contribution in [0.2, 0.25) is 5.02 Å². The summed E-state index contributed by atoms with van der Waals surface area (Å²) in [4.78, 5) is 21.4. The molecule has 4 nitrogen and oxygen atoms in total. The number of aromatic nitrogens is 1. The van der Waals surface area contributed by atoms with E-state index in [0.29, 0.717) is 29.3 Å². The SMILES string of the molecule is Cc1nc(C(=O)N2C(COc3ccc(Cl)cc3)CC3CC2C3)c(-c2ccccc2)s1. The molecule has 0 radical (unpaired) electrons. The number of benzene rings is 2. The van der Waals surface area contributed by atoms with Gasteiger partial charge in [0.15, 0.2) is 0 Å². The van der Waals surface area contributed by atoms with Crippen LogP contribution in [0.5, 0.6) is 5.75 Å². The van der Waals surface area contributed by atoms with E-state index >= 15 is 0 Å². The molecule has 2 bridgehead atoms. The molecule has 3 fully saturated rings. The van der Waals surface area contributed by atoms with Crippen LogP contribution < -0.4 is 4.74 Å². The number of carbonyl (C=O) groups is 1. The molecule has 1 atom stereocenters. The van der Waals surface area contributed by atoms with Crippen molar-refractivity contribution in [3.63, 3.8) is 0 Å². The molecule has 1 aliphatic carbocycles. The third kappa shape index (κ3) is 3.72. The normalized spacial score (nSPS) is 22.5. The molecule has 6 heteroatoms. The minimum atomic E-state index is 0.0334. The third-order valence-electron chi connectivity index (χ3n) is 6.07. The molecule has 3 aromatic rings. The molecule has 2 aliphatic heterocycles. The van der Waals surface area contributed by atoms with Gasteiger partial charge in [-0.25, -0.2) is 4.98 Å². The zero-order valence-corrected chi connectivity index (χ0v) is 18.3. The summed E-state index contributed by atoms with van der Waals surface area (Å²) < 4.78 is 6.04. The Morgan fingerprint density at radius 2 is 1.87 bits per heavy atom. The molecular weight excluding hydrogens is 416 g/mol. The van der Waals surface area contributed by atoms with Crippen LogP contribution in [-0.2, 0) is 0 Å². The molecule has 2 aromatic carbocycles. The zero-order valence-electron chi connectivity index (χ0n) is 16.8. The van der Waals surface area contributed by atoms with Crippen molar-refractivity contribution >= 4 is 28.8 Å². The highest BCUT2D eigenvalue weighted by Gasteiger charge is 2.47. The first-order chi connectivity index (χ1) is 14.6. The summed E-state index contributed by atoms with van der Waals surface area (Å²) in [5.41, 5.74) is 1.62. The van der Waals surface area contributed by atoms with Gasteiger partial charge in [0, 0.05) is 11.1 Å². The number of fused-ring (bicyclic) bond motifs is 2. The van der Waals surface area contributed by atoms with Gasteiger partial charge in [0.1, 0.15) is 18.1 Å². The fourth-order valence-electron chi connectivity index (χ4n) is 4.60. The van der Waals surface area contributed by atoms with E-state index in [1.807, 2.05) is 61.5 Å². The molecule has 1 unspecified atom stereocenters. The first-order valence-corrected chi connectivity index (χ1v) is 11.5. The lowest BCUT2D eigenvalue weighted by Crippen LogP contribution is -2.60. The maximum Gasteiger partial charge on any atom is 0.274 e. The Hall–Kier alpha value is -2.37. The summed E-state index contributed by atoms with van der Waals surface area (Å²) in [6.07, 6.45) is 3.17. The Bertz CT molecular complexity index is 1040. The quantitative estimate of drug-likeness (QED) is 0.502. The van der Waals surface area contributed by atoms with Crippen molar-refractivity contribution in [2.45, 2.75) is 38.3 Å². The van der Waals surface area contributed by atoms with Crippen LogP contribution in [0.3, 0.4) is 0 Å². The molecule has 1 aromatic heterocycles. The van der Waals surface area contributed by atoms with Gasteiger partial charge in [-0.1, -0.05) is 41.9 Å². The maximum absolute atomic E-state index is 13.7. The van der Waals surface area contributed by atoms with E-state index < -0.39 is 0 Å². The van der Waals surface area contributed by atoms with Gasteiger partial charge in [0.2, 0.25) is 0 Å². The third-order valence-corrected chi connectivity index (χ3v) is 7.34. The highest BCUT2D eigenvalue weighted by atomic mass is 35.5. The Morgan fingerprint density at radius 1 is 1.13 bits per heavy atom. The molecule has 0 N–H and O–H groups in total. The Morgan fingerprint density at radius 3 is 2.60 bits per heavy atom. The molecule has 2 saturated heterocycles. The molecule has 1 amide bonds. The van der Waals surface area contributed by atoms with Gasteiger partial charge in [-0.3, -0.25) is 4.79 Å². The smallest absolute Gasteiger partial charge is 0.274 e. The second-order valence-electron chi connectivity index (χ2n) is 8.13. The predicted molar refractivity (Wildman–Crippen MR) is 120 cm³/mol.